The summed E-state index contributed by atoms with van der Waals surface area (Å²) in [6, 6.07) is 8.87. The van der Waals surface area contributed by atoms with E-state index in [1.807, 2.05) is 0 Å². The van der Waals surface area contributed by atoms with E-state index in [2.05, 4.69) is 32.3 Å². The molecule has 2 atom stereocenters. The smallest absolute Gasteiger partial charge is 0.270 e. The number of benzene rings is 1. The molecule has 2 N–H and O–H groups in total. The molecule has 1 heterocycles. The topological polar surface area (TPSA) is 114 Å². The molecule has 1 aliphatic rings. The van der Waals surface area contributed by atoms with Crippen LogP contribution in [0.25, 0.3) is 0 Å². The molecule has 9 nitrogen and oxygen atoms in total. The molecule has 3 rings (SSSR count). The third-order valence-corrected chi connectivity index (χ3v) is 5.64. The summed E-state index contributed by atoms with van der Waals surface area (Å²) < 4.78 is 23.8. The number of carbonyl (C=O) groups excluding carboxylic acids is 2. The van der Waals surface area contributed by atoms with Gasteiger partial charge in [-0.15, -0.1) is 0 Å². The molecule has 0 saturated heterocycles. The lowest BCUT2D eigenvalue weighted by molar-refractivity contribution is -0.119. The average Bonchev–Trinajstić information content (AvgIpc) is 3.31. The average molecular weight is 496 g/mol. The SMILES string of the molecule is C=N/C(=N\C=C/C)c1ccc(NC(=O)COC)nc1C(=O)N[C@H]1CCC[C@@H]1COc1ccc(F)cc1. The van der Waals surface area contributed by atoms with Gasteiger partial charge in [0.25, 0.3) is 11.8 Å². The van der Waals surface area contributed by atoms with E-state index in [9.17, 15) is 14.0 Å². The number of hydrogen-bond acceptors (Lipinski definition) is 6. The Morgan fingerprint density at radius 3 is 2.69 bits per heavy atom. The first-order chi connectivity index (χ1) is 17.4. The normalized spacial score (nSPS) is 17.7. The molecule has 36 heavy (non-hydrogen) atoms. The van der Waals surface area contributed by atoms with Gasteiger partial charge < -0.3 is 20.1 Å². The van der Waals surface area contributed by atoms with Gasteiger partial charge in [0, 0.05) is 25.3 Å². The number of carbonyl (C=O) groups is 2. The Morgan fingerprint density at radius 2 is 2.00 bits per heavy atom. The summed E-state index contributed by atoms with van der Waals surface area (Å²) in [5.41, 5.74) is 0.438. The number of nitrogens with zero attached hydrogens (tertiary/aromatic N) is 3. The molecular formula is C26H30FN5O4. The van der Waals surface area contributed by atoms with Gasteiger partial charge >= 0.3 is 0 Å². The first-order valence-electron chi connectivity index (χ1n) is 11.6. The van der Waals surface area contributed by atoms with Crippen molar-refractivity contribution in [2.75, 3.05) is 25.6 Å². The van der Waals surface area contributed by atoms with Gasteiger partial charge in [-0.2, -0.15) is 0 Å². The number of aromatic nitrogens is 1. The fourth-order valence-electron chi connectivity index (χ4n) is 3.93. The van der Waals surface area contributed by atoms with E-state index in [4.69, 9.17) is 9.47 Å². The predicted octanol–water partition coefficient (Wildman–Crippen LogP) is 3.76. The molecule has 2 amide bonds. The molecule has 0 radical (unpaired) electrons. The number of anilines is 1. The Morgan fingerprint density at radius 1 is 1.22 bits per heavy atom. The van der Waals surface area contributed by atoms with Gasteiger partial charge in [0.15, 0.2) is 5.84 Å². The zero-order valence-electron chi connectivity index (χ0n) is 20.4. The zero-order chi connectivity index (χ0) is 25.9. The van der Waals surface area contributed by atoms with E-state index in [1.54, 1.807) is 43.5 Å². The summed E-state index contributed by atoms with van der Waals surface area (Å²) in [6.45, 7) is 5.60. The summed E-state index contributed by atoms with van der Waals surface area (Å²) in [6.07, 6.45) is 5.85. The van der Waals surface area contributed by atoms with Crippen LogP contribution >= 0.6 is 0 Å². The highest BCUT2D eigenvalue weighted by atomic mass is 19.1. The van der Waals surface area contributed by atoms with Crippen molar-refractivity contribution in [3.8, 4) is 5.75 Å². The van der Waals surface area contributed by atoms with Crippen LogP contribution in [0.3, 0.4) is 0 Å². The van der Waals surface area contributed by atoms with Crippen LogP contribution in [0, 0.1) is 11.7 Å². The molecule has 190 valence electrons. The first kappa shape index (κ1) is 26.7. The van der Waals surface area contributed by atoms with E-state index in [1.165, 1.54) is 19.2 Å². The van der Waals surface area contributed by atoms with Gasteiger partial charge in [-0.25, -0.2) is 19.4 Å². The van der Waals surface area contributed by atoms with Gasteiger partial charge in [0.1, 0.15) is 29.7 Å². The number of methoxy groups -OCH3 is 1. The fourth-order valence-corrected chi connectivity index (χ4v) is 3.93. The number of aliphatic imine (C=N–C) groups is 2. The number of halogens is 1. The van der Waals surface area contributed by atoms with Crippen molar-refractivity contribution < 1.29 is 23.5 Å². The highest BCUT2D eigenvalue weighted by Crippen LogP contribution is 2.27. The summed E-state index contributed by atoms with van der Waals surface area (Å²) >= 11 is 0. The lowest BCUT2D eigenvalue weighted by atomic mass is 10.0. The summed E-state index contributed by atoms with van der Waals surface area (Å²) in [7, 11) is 1.41. The first-order valence-corrected chi connectivity index (χ1v) is 11.6. The van der Waals surface area contributed by atoms with E-state index >= 15 is 0 Å². The third kappa shape index (κ3) is 7.29. The van der Waals surface area contributed by atoms with Crippen LogP contribution in [0.4, 0.5) is 10.2 Å². The molecular weight excluding hydrogens is 465 g/mol. The lowest BCUT2D eigenvalue weighted by Gasteiger charge is -2.22. The maximum atomic E-state index is 13.4. The Balaban J connectivity index is 1.80. The molecule has 1 saturated carbocycles. The molecule has 1 aliphatic carbocycles. The van der Waals surface area contributed by atoms with Crippen molar-refractivity contribution in [2.24, 2.45) is 15.9 Å². The maximum absolute atomic E-state index is 13.4. The monoisotopic (exact) mass is 495 g/mol. The minimum atomic E-state index is -0.427. The quantitative estimate of drug-likeness (QED) is 0.385. The Kier molecular flexibility index (Phi) is 9.82. The highest BCUT2D eigenvalue weighted by Gasteiger charge is 2.31. The van der Waals surface area contributed by atoms with Crippen LogP contribution < -0.4 is 15.4 Å². The van der Waals surface area contributed by atoms with Crippen LogP contribution in [0.5, 0.6) is 5.75 Å². The highest BCUT2D eigenvalue weighted by molar-refractivity contribution is 6.10. The Bertz CT molecular complexity index is 1130. The maximum Gasteiger partial charge on any atom is 0.270 e. The molecule has 0 unspecified atom stereocenters. The lowest BCUT2D eigenvalue weighted by Crippen LogP contribution is -2.40. The number of pyridine rings is 1. The molecule has 1 fully saturated rings. The number of rotatable bonds is 10. The largest absolute Gasteiger partial charge is 0.493 e. The predicted molar refractivity (Wildman–Crippen MR) is 136 cm³/mol. The minimum Gasteiger partial charge on any atom is -0.493 e. The van der Waals surface area contributed by atoms with Crippen molar-refractivity contribution in [1.82, 2.24) is 10.3 Å². The number of hydrogen-bond donors (Lipinski definition) is 2. The van der Waals surface area contributed by atoms with Gasteiger partial charge in [-0.05, 0) is 62.9 Å². The van der Waals surface area contributed by atoms with E-state index in [0.29, 0.717) is 17.9 Å². The second kappa shape index (κ2) is 13.2. The second-order valence-corrected chi connectivity index (χ2v) is 8.20. The minimum absolute atomic E-state index is 0.0611. The standard InChI is InChI=1S/C26H30FN5O4/c1-4-14-29-25(28-2)20-12-13-22(31-23(33)16-35-3)32-24(20)26(34)30-21-7-5-6-17(21)15-36-19-10-8-18(27)9-11-19/h4,8-14,17,21H,2,5-7,15-16H2,1,3H3,(H,30,34)(H,31,32,33)/b14-4-,29-25-/t17-,21+/m1/s1. The van der Waals surface area contributed by atoms with Gasteiger partial charge in [-0.1, -0.05) is 12.5 Å². The van der Waals surface area contributed by atoms with Crippen LogP contribution in [0.15, 0.2) is 58.7 Å². The molecule has 2 aromatic rings. The fraction of sp³-hybridized carbons (Fsp3) is 0.346. The Labute approximate surface area is 209 Å². The number of amidine groups is 1. The van der Waals surface area contributed by atoms with Crippen molar-refractivity contribution in [3.05, 3.63) is 65.7 Å². The summed E-state index contributed by atoms with van der Waals surface area (Å²) in [5.74, 6) is -0.0971. The number of ether oxygens (including phenoxy) is 2. The van der Waals surface area contributed by atoms with Crippen molar-refractivity contribution in [1.29, 1.82) is 0 Å². The van der Waals surface area contributed by atoms with E-state index in [-0.39, 0.29) is 41.7 Å². The Hall–Kier alpha value is -3.92. The van der Waals surface area contributed by atoms with E-state index < -0.39 is 11.8 Å². The summed E-state index contributed by atoms with van der Waals surface area (Å²) in [4.78, 5) is 37.9. The van der Waals surface area contributed by atoms with Crippen molar-refractivity contribution in [3.63, 3.8) is 0 Å². The zero-order valence-corrected chi connectivity index (χ0v) is 20.4. The molecule has 0 bridgehead atoms. The molecule has 1 aromatic heterocycles. The number of allylic oxidation sites excluding steroid dienone is 1. The molecule has 0 spiro atoms. The number of nitrogens with one attached hydrogen (secondary N) is 2. The van der Waals surface area contributed by atoms with Crippen LogP contribution in [0.1, 0.15) is 42.2 Å². The van der Waals surface area contributed by atoms with Crippen LogP contribution in [0.2, 0.25) is 0 Å². The second-order valence-electron chi connectivity index (χ2n) is 8.20. The molecule has 1 aromatic carbocycles. The van der Waals surface area contributed by atoms with Gasteiger partial charge in [0.2, 0.25) is 0 Å². The summed E-state index contributed by atoms with van der Waals surface area (Å²) in [5, 5.41) is 5.67. The van der Waals surface area contributed by atoms with Crippen LogP contribution in [-0.4, -0.2) is 55.7 Å². The van der Waals surface area contributed by atoms with Gasteiger partial charge in [-0.3, -0.25) is 9.59 Å². The third-order valence-electron chi connectivity index (χ3n) is 5.64. The van der Waals surface area contributed by atoms with Crippen LogP contribution in [-0.2, 0) is 9.53 Å². The van der Waals surface area contributed by atoms with Crippen molar-refractivity contribution in [2.45, 2.75) is 32.2 Å². The van der Waals surface area contributed by atoms with Gasteiger partial charge in [0.05, 0.1) is 12.2 Å². The number of amides is 2. The molecule has 0 aliphatic heterocycles. The van der Waals surface area contributed by atoms with Crippen molar-refractivity contribution >= 4 is 30.2 Å². The molecule has 10 heteroatoms. The van der Waals surface area contributed by atoms with E-state index in [0.717, 1.165) is 19.3 Å².